The number of halogens is 2. The Hall–Kier alpha value is -2.81. The Kier molecular flexibility index (Phi) is 9.73. The van der Waals surface area contributed by atoms with Crippen molar-refractivity contribution < 1.29 is 14.3 Å². The molecule has 34 heavy (non-hydrogen) atoms. The van der Waals surface area contributed by atoms with Crippen LogP contribution in [0.1, 0.15) is 39.7 Å². The fraction of sp³-hybridized carbons (Fsp3) is 0.375. The smallest absolute Gasteiger partial charge is 0.309 e. The molecule has 8 nitrogen and oxygen atoms in total. The van der Waals surface area contributed by atoms with E-state index in [2.05, 4.69) is 15.8 Å². The Morgan fingerprint density at radius 2 is 1.76 bits per heavy atom. The Balaban J connectivity index is 2.24. The summed E-state index contributed by atoms with van der Waals surface area (Å²) in [5.41, 5.74) is 4.20. The van der Waals surface area contributed by atoms with E-state index in [1.54, 1.807) is 45.9 Å². The number of nitrogens with one attached hydrogen (secondary N) is 2. The molecule has 0 bridgehead atoms. The number of carbonyl (C=O) groups is 2. The molecule has 2 atom stereocenters. The zero-order chi connectivity index (χ0) is 25.5. The number of nitrogens with zero attached hydrogens (tertiary/aromatic N) is 1. The maximum Gasteiger partial charge on any atom is 0.309 e. The van der Waals surface area contributed by atoms with Gasteiger partial charge in [0, 0.05) is 21.5 Å². The fourth-order valence-corrected chi connectivity index (χ4v) is 3.76. The second-order valence-electron chi connectivity index (χ2n) is 9.00. The van der Waals surface area contributed by atoms with Crippen molar-refractivity contribution in [3.05, 3.63) is 58.1 Å². The van der Waals surface area contributed by atoms with Crippen molar-refractivity contribution in [1.29, 1.82) is 0 Å². The fourth-order valence-electron chi connectivity index (χ4n) is 3.36. The Bertz CT molecular complexity index is 1040. The van der Waals surface area contributed by atoms with Gasteiger partial charge < -0.3 is 10.6 Å². The normalized spacial score (nSPS) is 13.7. The van der Waals surface area contributed by atoms with E-state index in [-0.39, 0.29) is 24.3 Å². The number of carbonyl (C=O) groups excluding carboxylic acids is 2. The molecule has 10 heteroatoms. The molecule has 1 amide bonds. The van der Waals surface area contributed by atoms with E-state index in [0.29, 0.717) is 16.5 Å². The number of guanidine groups is 1. The summed E-state index contributed by atoms with van der Waals surface area (Å²) in [6, 6.07) is 12.9. The second-order valence-corrected chi connectivity index (χ2v) is 9.85. The molecule has 0 aliphatic carbocycles. The van der Waals surface area contributed by atoms with Gasteiger partial charge in [-0.25, -0.2) is 5.84 Å². The average Bonchev–Trinajstić information content (AvgIpc) is 2.77. The number of rotatable bonds is 7. The summed E-state index contributed by atoms with van der Waals surface area (Å²) < 4.78 is 5.47. The van der Waals surface area contributed by atoms with Crippen LogP contribution in [0.25, 0.3) is 11.1 Å². The number of hydrogen-bond donors (Lipinski definition) is 4. The van der Waals surface area contributed by atoms with Crippen molar-refractivity contribution >= 4 is 41.0 Å². The maximum atomic E-state index is 13.0. The number of amides is 1. The minimum absolute atomic E-state index is 0.0779. The van der Waals surface area contributed by atoms with Gasteiger partial charge in [-0.2, -0.15) is 0 Å². The molecular formula is C24H31Cl2N5O3. The van der Waals surface area contributed by atoms with Crippen LogP contribution >= 0.6 is 23.2 Å². The van der Waals surface area contributed by atoms with E-state index in [1.165, 1.54) is 0 Å². The lowest BCUT2D eigenvalue weighted by molar-refractivity contribution is -0.160. The SMILES string of the molecule is C[C@H](C[C@@H](Cc1ccc(-c2cc(Cl)ccc2Cl)cc1)C(=O)N/C(=N/N)NN)C(=O)OC(C)(C)C. The first-order valence-electron chi connectivity index (χ1n) is 10.8. The predicted octanol–water partition coefficient (Wildman–Crippen LogP) is 4.00. The van der Waals surface area contributed by atoms with Crippen LogP contribution in [-0.2, 0) is 20.7 Å². The van der Waals surface area contributed by atoms with Gasteiger partial charge in [-0.3, -0.25) is 20.3 Å². The molecule has 0 aromatic heterocycles. The first kappa shape index (κ1) is 27.4. The van der Waals surface area contributed by atoms with Crippen molar-refractivity contribution in [1.82, 2.24) is 10.7 Å². The number of esters is 1. The highest BCUT2D eigenvalue weighted by Crippen LogP contribution is 2.31. The molecule has 0 spiro atoms. The van der Waals surface area contributed by atoms with Crippen molar-refractivity contribution in [2.24, 2.45) is 28.6 Å². The molecule has 0 radical (unpaired) electrons. The first-order valence-corrected chi connectivity index (χ1v) is 11.5. The number of hydrazine groups is 1. The van der Waals surface area contributed by atoms with E-state index in [1.807, 2.05) is 24.3 Å². The van der Waals surface area contributed by atoms with E-state index >= 15 is 0 Å². The van der Waals surface area contributed by atoms with Gasteiger partial charge in [-0.05, 0) is 62.9 Å². The lowest BCUT2D eigenvalue weighted by atomic mass is 9.88. The zero-order valence-corrected chi connectivity index (χ0v) is 21.2. The van der Waals surface area contributed by atoms with Crippen LogP contribution in [0.5, 0.6) is 0 Å². The minimum atomic E-state index is -0.622. The summed E-state index contributed by atoms with van der Waals surface area (Å²) in [6.45, 7) is 7.13. The van der Waals surface area contributed by atoms with Crippen LogP contribution < -0.4 is 22.4 Å². The van der Waals surface area contributed by atoms with Gasteiger partial charge in [-0.15, -0.1) is 5.10 Å². The van der Waals surface area contributed by atoms with E-state index in [4.69, 9.17) is 39.6 Å². The average molecular weight is 508 g/mol. The molecule has 0 fully saturated rings. The molecule has 0 saturated heterocycles. The third kappa shape index (κ3) is 8.20. The van der Waals surface area contributed by atoms with Gasteiger partial charge in [-0.1, -0.05) is 54.4 Å². The summed E-state index contributed by atoms with van der Waals surface area (Å²) in [7, 11) is 0. The van der Waals surface area contributed by atoms with Crippen molar-refractivity contribution in [2.75, 3.05) is 0 Å². The Morgan fingerprint density at radius 3 is 2.32 bits per heavy atom. The van der Waals surface area contributed by atoms with Gasteiger partial charge in [0.15, 0.2) is 0 Å². The second kappa shape index (κ2) is 12.1. The molecule has 184 valence electrons. The summed E-state index contributed by atoms with van der Waals surface area (Å²) in [5, 5.41) is 7.11. The Labute approximate surface area is 210 Å². The van der Waals surface area contributed by atoms with E-state index < -0.39 is 17.4 Å². The van der Waals surface area contributed by atoms with Gasteiger partial charge in [0.05, 0.1) is 5.92 Å². The van der Waals surface area contributed by atoms with Crippen LogP contribution in [0.3, 0.4) is 0 Å². The molecular weight excluding hydrogens is 477 g/mol. The molecule has 2 aromatic rings. The third-order valence-corrected chi connectivity index (χ3v) is 5.57. The lowest BCUT2D eigenvalue weighted by Gasteiger charge is -2.24. The quantitative estimate of drug-likeness (QED) is 0.147. The van der Waals surface area contributed by atoms with Gasteiger partial charge >= 0.3 is 5.97 Å². The standard InChI is InChI=1S/C24H31Cl2N5O3/c1-14(22(33)34-24(2,3)4)11-17(21(32)29-23(30-27)31-28)12-15-5-7-16(8-6-15)19-13-18(25)9-10-20(19)26/h5-10,13-14,17H,11-12,27-28H2,1-4H3,(H2,29,30,31,32)/t14-,17+/m1/s1. The maximum absolute atomic E-state index is 13.0. The van der Waals surface area contributed by atoms with Gasteiger partial charge in [0.25, 0.3) is 0 Å². The molecule has 0 heterocycles. The molecule has 0 saturated carbocycles. The highest BCUT2D eigenvalue weighted by Gasteiger charge is 2.28. The summed E-state index contributed by atoms with van der Waals surface area (Å²) in [5.74, 6) is 8.65. The monoisotopic (exact) mass is 507 g/mol. The van der Waals surface area contributed by atoms with Crippen LogP contribution in [0.15, 0.2) is 47.6 Å². The number of hydrogen-bond acceptors (Lipinski definition) is 6. The number of benzene rings is 2. The molecule has 0 aliphatic heterocycles. The molecule has 0 unspecified atom stereocenters. The summed E-state index contributed by atoms with van der Waals surface area (Å²) in [6.07, 6.45) is 0.621. The Morgan fingerprint density at radius 1 is 1.12 bits per heavy atom. The van der Waals surface area contributed by atoms with Crippen LogP contribution in [0.2, 0.25) is 10.0 Å². The van der Waals surface area contributed by atoms with Gasteiger partial charge in [0.1, 0.15) is 5.60 Å². The van der Waals surface area contributed by atoms with E-state index in [0.717, 1.165) is 16.7 Å². The minimum Gasteiger partial charge on any atom is -0.460 e. The summed E-state index contributed by atoms with van der Waals surface area (Å²) >= 11 is 12.4. The highest BCUT2D eigenvalue weighted by molar-refractivity contribution is 6.35. The number of ether oxygens (including phenoxy) is 1. The van der Waals surface area contributed by atoms with Crippen molar-refractivity contribution in [3.63, 3.8) is 0 Å². The van der Waals surface area contributed by atoms with Gasteiger partial charge in [0.2, 0.25) is 11.9 Å². The number of nitrogens with two attached hydrogens (primary N) is 2. The first-order chi connectivity index (χ1) is 15.9. The van der Waals surface area contributed by atoms with Crippen LogP contribution in [0.4, 0.5) is 0 Å². The lowest BCUT2D eigenvalue weighted by Crippen LogP contribution is -2.47. The largest absolute Gasteiger partial charge is 0.460 e. The van der Waals surface area contributed by atoms with Crippen molar-refractivity contribution in [3.8, 4) is 11.1 Å². The third-order valence-electron chi connectivity index (χ3n) is 5.00. The van der Waals surface area contributed by atoms with Crippen LogP contribution in [0, 0.1) is 11.8 Å². The molecule has 6 N–H and O–H groups in total. The van der Waals surface area contributed by atoms with Crippen molar-refractivity contribution in [2.45, 2.75) is 46.1 Å². The topological polar surface area (TPSA) is 132 Å². The zero-order valence-electron chi connectivity index (χ0n) is 19.7. The number of hydrazone groups is 1. The molecule has 2 aromatic carbocycles. The summed E-state index contributed by atoms with van der Waals surface area (Å²) in [4.78, 5) is 25.5. The van der Waals surface area contributed by atoms with Crippen LogP contribution in [-0.4, -0.2) is 23.4 Å². The van der Waals surface area contributed by atoms with E-state index in [9.17, 15) is 9.59 Å². The molecule has 0 aliphatic rings. The predicted molar refractivity (Wildman–Crippen MR) is 136 cm³/mol. The molecule has 2 rings (SSSR count). The highest BCUT2D eigenvalue weighted by atomic mass is 35.5.